The number of nitrogens with one attached hydrogen (secondary N) is 1. The van der Waals surface area contributed by atoms with Crippen LogP contribution in [0.25, 0.3) is 0 Å². The summed E-state index contributed by atoms with van der Waals surface area (Å²) in [7, 11) is 0. The summed E-state index contributed by atoms with van der Waals surface area (Å²) in [5, 5.41) is 3.52. The van der Waals surface area contributed by atoms with Gasteiger partial charge in [-0.05, 0) is 18.6 Å². The number of ether oxygens (including phenoxy) is 1. The molecule has 76 valence electrons. The summed E-state index contributed by atoms with van der Waals surface area (Å²) in [6.07, 6.45) is 0. The van der Waals surface area contributed by atoms with Crippen molar-refractivity contribution in [1.29, 1.82) is 0 Å². The number of hydrogen-bond donors (Lipinski definition) is 1. The minimum Gasteiger partial charge on any atom is -0.378 e. The molecule has 1 N–H and O–H groups in total. The minimum atomic E-state index is 0.375. The third-order valence-electron chi connectivity index (χ3n) is 2.50. The first-order valence-corrected chi connectivity index (χ1v) is 5.65. The molecular formula is C11H14BrNO. The monoisotopic (exact) mass is 255 g/mol. The molecule has 1 fully saturated rings. The zero-order chi connectivity index (χ0) is 9.97. The van der Waals surface area contributed by atoms with Crippen LogP contribution in [-0.2, 0) is 4.74 Å². The first-order chi connectivity index (χ1) is 6.77. The van der Waals surface area contributed by atoms with Crippen LogP contribution in [0, 0.1) is 0 Å². The molecule has 1 unspecified atom stereocenters. The number of hydrogen-bond acceptors (Lipinski definition) is 2. The second kappa shape index (κ2) is 4.43. The molecule has 1 saturated heterocycles. The molecule has 2 nitrogen and oxygen atoms in total. The molecule has 14 heavy (non-hydrogen) atoms. The third-order valence-corrected chi connectivity index (χ3v) is 3.22. The molecule has 0 aliphatic carbocycles. The summed E-state index contributed by atoms with van der Waals surface area (Å²) >= 11 is 3.56. The summed E-state index contributed by atoms with van der Waals surface area (Å²) in [5.74, 6) is 0. The van der Waals surface area contributed by atoms with E-state index in [-0.39, 0.29) is 0 Å². The van der Waals surface area contributed by atoms with E-state index in [2.05, 4.69) is 46.4 Å². The lowest BCUT2D eigenvalue weighted by atomic mass is 10.1. The van der Waals surface area contributed by atoms with Gasteiger partial charge in [0.05, 0.1) is 19.3 Å². The maximum atomic E-state index is 5.13. The number of benzene rings is 1. The van der Waals surface area contributed by atoms with Gasteiger partial charge in [0.15, 0.2) is 0 Å². The van der Waals surface area contributed by atoms with Crippen molar-refractivity contribution >= 4 is 15.9 Å². The molecule has 1 atom stereocenters. The van der Waals surface area contributed by atoms with Gasteiger partial charge in [0.1, 0.15) is 0 Å². The summed E-state index contributed by atoms with van der Waals surface area (Å²) in [5.41, 5.74) is 1.31. The van der Waals surface area contributed by atoms with Gasteiger partial charge < -0.3 is 10.1 Å². The zero-order valence-electron chi connectivity index (χ0n) is 8.16. The molecular weight excluding hydrogens is 242 g/mol. The summed E-state index contributed by atoms with van der Waals surface area (Å²) < 4.78 is 6.29. The van der Waals surface area contributed by atoms with E-state index < -0.39 is 0 Å². The lowest BCUT2D eigenvalue weighted by Crippen LogP contribution is -2.46. The largest absolute Gasteiger partial charge is 0.378 e. The van der Waals surface area contributed by atoms with Gasteiger partial charge >= 0.3 is 0 Å². The van der Waals surface area contributed by atoms with Crippen LogP contribution < -0.4 is 5.32 Å². The summed E-state index contributed by atoms with van der Waals surface area (Å²) in [6.45, 7) is 3.86. The average molecular weight is 256 g/mol. The van der Waals surface area contributed by atoms with Crippen molar-refractivity contribution in [3.8, 4) is 0 Å². The van der Waals surface area contributed by atoms with Crippen molar-refractivity contribution in [1.82, 2.24) is 5.32 Å². The molecule has 0 radical (unpaired) electrons. The van der Waals surface area contributed by atoms with Crippen molar-refractivity contribution in [3.63, 3.8) is 0 Å². The lowest BCUT2D eigenvalue weighted by molar-refractivity contribution is -0.00928. The van der Waals surface area contributed by atoms with E-state index in [4.69, 9.17) is 4.74 Å². The van der Waals surface area contributed by atoms with Gasteiger partial charge in [0.25, 0.3) is 0 Å². The molecule has 2 rings (SSSR count). The molecule has 0 saturated carbocycles. The molecule has 0 spiro atoms. The molecule has 3 heteroatoms. The third kappa shape index (κ3) is 2.16. The molecule has 1 aliphatic rings. The van der Waals surface area contributed by atoms with Crippen molar-refractivity contribution < 1.29 is 4.74 Å². The van der Waals surface area contributed by atoms with Crippen molar-refractivity contribution in [2.75, 3.05) is 13.2 Å². The minimum absolute atomic E-state index is 0.375. The fourth-order valence-electron chi connectivity index (χ4n) is 1.60. The first kappa shape index (κ1) is 10.1. The van der Waals surface area contributed by atoms with Gasteiger partial charge in [0.2, 0.25) is 0 Å². The second-order valence-electron chi connectivity index (χ2n) is 3.64. The molecule has 0 amide bonds. The van der Waals surface area contributed by atoms with Gasteiger partial charge in [0, 0.05) is 10.5 Å². The Morgan fingerprint density at radius 3 is 2.71 bits per heavy atom. The van der Waals surface area contributed by atoms with Crippen molar-refractivity contribution in [2.24, 2.45) is 0 Å². The predicted octanol–water partition coefficient (Wildman–Crippen LogP) is 2.50. The highest BCUT2D eigenvalue weighted by molar-refractivity contribution is 9.10. The van der Waals surface area contributed by atoms with E-state index in [1.54, 1.807) is 0 Å². The molecule has 1 heterocycles. The maximum Gasteiger partial charge on any atom is 0.0643 e. The second-order valence-corrected chi connectivity index (χ2v) is 4.50. The quantitative estimate of drug-likeness (QED) is 0.897. The standard InChI is InChI=1S/C11H14BrNO/c1-8(13-9-6-14-7-9)10-4-2-3-5-11(10)12/h2-5,8-9,13H,6-7H2,1H3. The smallest absolute Gasteiger partial charge is 0.0643 e. The highest BCUT2D eigenvalue weighted by atomic mass is 79.9. The van der Waals surface area contributed by atoms with Gasteiger partial charge in [-0.2, -0.15) is 0 Å². The van der Waals surface area contributed by atoms with E-state index in [0.717, 1.165) is 13.2 Å². The molecule has 0 aromatic heterocycles. The van der Waals surface area contributed by atoms with Crippen LogP contribution >= 0.6 is 15.9 Å². The Hall–Kier alpha value is -0.380. The Labute approximate surface area is 92.8 Å². The Morgan fingerprint density at radius 2 is 2.14 bits per heavy atom. The summed E-state index contributed by atoms with van der Waals surface area (Å²) in [6, 6.07) is 9.21. The van der Waals surface area contributed by atoms with E-state index in [1.807, 2.05) is 6.07 Å². The molecule has 1 aliphatic heterocycles. The Balaban J connectivity index is 2.02. The van der Waals surface area contributed by atoms with Gasteiger partial charge in [-0.15, -0.1) is 0 Å². The van der Waals surface area contributed by atoms with Crippen LogP contribution in [0.1, 0.15) is 18.5 Å². The molecule has 1 aromatic carbocycles. The van der Waals surface area contributed by atoms with Crippen LogP contribution in [-0.4, -0.2) is 19.3 Å². The van der Waals surface area contributed by atoms with Crippen LogP contribution in [0.5, 0.6) is 0 Å². The fraction of sp³-hybridized carbons (Fsp3) is 0.455. The van der Waals surface area contributed by atoms with Crippen LogP contribution in [0.4, 0.5) is 0 Å². The van der Waals surface area contributed by atoms with Crippen molar-refractivity contribution in [3.05, 3.63) is 34.3 Å². The zero-order valence-corrected chi connectivity index (χ0v) is 9.75. The maximum absolute atomic E-state index is 5.13. The Bertz CT molecular complexity index is 312. The van der Waals surface area contributed by atoms with Crippen LogP contribution in [0.2, 0.25) is 0 Å². The van der Waals surface area contributed by atoms with Gasteiger partial charge in [-0.3, -0.25) is 0 Å². The topological polar surface area (TPSA) is 21.3 Å². The number of rotatable bonds is 3. The average Bonchev–Trinajstić information content (AvgIpc) is 2.12. The highest BCUT2D eigenvalue weighted by Crippen LogP contribution is 2.23. The SMILES string of the molecule is CC(NC1COC1)c1ccccc1Br. The first-order valence-electron chi connectivity index (χ1n) is 4.85. The lowest BCUT2D eigenvalue weighted by Gasteiger charge is -2.30. The molecule has 1 aromatic rings. The highest BCUT2D eigenvalue weighted by Gasteiger charge is 2.21. The fourth-order valence-corrected chi connectivity index (χ4v) is 2.23. The van der Waals surface area contributed by atoms with E-state index in [1.165, 1.54) is 10.0 Å². The van der Waals surface area contributed by atoms with E-state index in [0.29, 0.717) is 12.1 Å². The molecule has 0 bridgehead atoms. The predicted molar refractivity (Wildman–Crippen MR) is 60.3 cm³/mol. The van der Waals surface area contributed by atoms with Crippen LogP contribution in [0.15, 0.2) is 28.7 Å². The van der Waals surface area contributed by atoms with Gasteiger partial charge in [-0.25, -0.2) is 0 Å². The number of halogens is 1. The van der Waals surface area contributed by atoms with Crippen molar-refractivity contribution in [2.45, 2.75) is 19.0 Å². The van der Waals surface area contributed by atoms with Crippen LogP contribution in [0.3, 0.4) is 0 Å². The Kier molecular flexibility index (Phi) is 3.21. The van der Waals surface area contributed by atoms with Gasteiger partial charge in [-0.1, -0.05) is 34.1 Å². The summed E-state index contributed by atoms with van der Waals surface area (Å²) in [4.78, 5) is 0. The van der Waals surface area contributed by atoms with E-state index in [9.17, 15) is 0 Å². The normalized spacial score (nSPS) is 19.0. The Morgan fingerprint density at radius 1 is 1.43 bits per heavy atom. The van der Waals surface area contributed by atoms with E-state index >= 15 is 0 Å².